The van der Waals surface area contributed by atoms with Gasteiger partial charge < -0.3 is 15.0 Å². The maximum atomic E-state index is 11.6. The van der Waals surface area contributed by atoms with Gasteiger partial charge in [0.2, 0.25) is 0 Å². The molecule has 0 saturated heterocycles. The van der Waals surface area contributed by atoms with Gasteiger partial charge in [0.25, 0.3) is 0 Å². The van der Waals surface area contributed by atoms with Crippen molar-refractivity contribution in [2.75, 3.05) is 19.4 Å². The fourth-order valence-electron chi connectivity index (χ4n) is 2.20. The van der Waals surface area contributed by atoms with E-state index in [-0.39, 0.29) is 12.1 Å². The van der Waals surface area contributed by atoms with Crippen LogP contribution < -0.4 is 10.1 Å². The molecule has 0 aliphatic carbocycles. The first-order chi connectivity index (χ1) is 11.5. The number of nitrogens with one attached hydrogen (secondary N) is 1. The van der Waals surface area contributed by atoms with Gasteiger partial charge in [0.1, 0.15) is 5.75 Å². The molecule has 2 aromatic rings. The summed E-state index contributed by atoms with van der Waals surface area (Å²) in [7, 11) is 3.37. The lowest BCUT2D eigenvalue weighted by molar-refractivity contribution is 0.211. The number of nitrogens with zero attached hydrogens (tertiary/aromatic N) is 1. The number of ether oxygens (including phenoxy) is 1. The summed E-state index contributed by atoms with van der Waals surface area (Å²) in [6.45, 7) is 2.03. The standard InChI is InChI=1S/C19H23ClN2O2/c1-14(9-10-15-7-5-4-6-8-15)24-18-12-11-16(13-17(18)20)21-19(23)22(2)3/h4-8,11-14H,9-10H2,1-3H3,(H,21,23). The first kappa shape index (κ1) is 18.1. The highest BCUT2D eigenvalue weighted by Gasteiger charge is 2.10. The number of halogens is 1. The minimum Gasteiger partial charge on any atom is -0.489 e. The Balaban J connectivity index is 1.91. The summed E-state index contributed by atoms with van der Waals surface area (Å²) in [5.41, 5.74) is 1.93. The third-order valence-corrected chi connectivity index (χ3v) is 3.90. The number of carbonyl (C=O) groups is 1. The van der Waals surface area contributed by atoms with Gasteiger partial charge in [-0.3, -0.25) is 0 Å². The summed E-state index contributed by atoms with van der Waals surface area (Å²) < 4.78 is 5.92. The zero-order chi connectivity index (χ0) is 17.5. The SMILES string of the molecule is CC(CCc1ccccc1)Oc1ccc(NC(=O)N(C)C)cc1Cl. The summed E-state index contributed by atoms with van der Waals surface area (Å²) in [6, 6.07) is 15.4. The molecule has 2 amide bonds. The van der Waals surface area contributed by atoms with Crippen molar-refractivity contribution in [2.45, 2.75) is 25.9 Å². The summed E-state index contributed by atoms with van der Waals surface area (Å²) in [4.78, 5) is 13.1. The third-order valence-electron chi connectivity index (χ3n) is 3.60. The molecule has 0 aliphatic heterocycles. The maximum absolute atomic E-state index is 11.6. The molecule has 1 unspecified atom stereocenters. The lowest BCUT2D eigenvalue weighted by atomic mass is 10.1. The van der Waals surface area contributed by atoms with Crippen molar-refractivity contribution in [3.05, 3.63) is 59.1 Å². The second kappa shape index (κ2) is 8.60. The molecule has 0 radical (unpaired) electrons. The Bertz CT molecular complexity index is 674. The number of amides is 2. The smallest absolute Gasteiger partial charge is 0.321 e. The second-order valence-corrected chi connectivity index (χ2v) is 6.33. The zero-order valence-corrected chi connectivity index (χ0v) is 15.0. The van der Waals surface area contributed by atoms with Crippen LogP contribution in [0, 0.1) is 0 Å². The van der Waals surface area contributed by atoms with E-state index in [0.29, 0.717) is 16.5 Å². The largest absolute Gasteiger partial charge is 0.489 e. The molecule has 2 aromatic carbocycles. The van der Waals surface area contributed by atoms with E-state index in [2.05, 4.69) is 17.4 Å². The third kappa shape index (κ3) is 5.46. The van der Waals surface area contributed by atoms with E-state index >= 15 is 0 Å². The Kier molecular flexibility index (Phi) is 6.50. The zero-order valence-electron chi connectivity index (χ0n) is 14.3. The van der Waals surface area contributed by atoms with Crippen molar-refractivity contribution in [1.29, 1.82) is 0 Å². The van der Waals surface area contributed by atoms with Crippen LogP contribution in [0.5, 0.6) is 5.75 Å². The van der Waals surface area contributed by atoms with E-state index in [1.54, 1.807) is 32.3 Å². The summed E-state index contributed by atoms with van der Waals surface area (Å²) in [5, 5.41) is 3.24. The number of anilines is 1. The van der Waals surface area contributed by atoms with Gasteiger partial charge in [-0.2, -0.15) is 0 Å². The molecular formula is C19H23ClN2O2. The van der Waals surface area contributed by atoms with Gasteiger partial charge in [-0.15, -0.1) is 0 Å². The highest BCUT2D eigenvalue weighted by molar-refractivity contribution is 6.32. The van der Waals surface area contributed by atoms with Crippen molar-refractivity contribution in [3.8, 4) is 5.75 Å². The first-order valence-corrected chi connectivity index (χ1v) is 8.32. The van der Waals surface area contributed by atoms with Crippen molar-refractivity contribution < 1.29 is 9.53 Å². The first-order valence-electron chi connectivity index (χ1n) is 7.94. The van der Waals surface area contributed by atoms with Crippen LogP contribution in [0.15, 0.2) is 48.5 Å². The minimum atomic E-state index is -0.198. The maximum Gasteiger partial charge on any atom is 0.321 e. The van der Waals surface area contributed by atoms with Crippen LogP contribution in [0.3, 0.4) is 0 Å². The second-order valence-electron chi connectivity index (χ2n) is 5.92. The van der Waals surface area contributed by atoms with Gasteiger partial charge in [0.05, 0.1) is 11.1 Å². The van der Waals surface area contributed by atoms with Gasteiger partial charge in [-0.25, -0.2) is 4.79 Å². The molecule has 4 nitrogen and oxygen atoms in total. The van der Waals surface area contributed by atoms with E-state index in [1.807, 2.05) is 25.1 Å². The minimum absolute atomic E-state index is 0.0462. The Morgan fingerprint density at radius 1 is 1.21 bits per heavy atom. The Hall–Kier alpha value is -2.20. The van der Waals surface area contributed by atoms with E-state index in [9.17, 15) is 4.79 Å². The van der Waals surface area contributed by atoms with Crippen LogP contribution in [-0.2, 0) is 6.42 Å². The predicted molar refractivity (Wildman–Crippen MR) is 99.0 cm³/mol. The highest BCUT2D eigenvalue weighted by Crippen LogP contribution is 2.29. The topological polar surface area (TPSA) is 41.6 Å². The molecule has 0 spiro atoms. The molecular weight excluding hydrogens is 324 g/mol. The number of hydrogen-bond acceptors (Lipinski definition) is 2. The number of aryl methyl sites for hydroxylation is 1. The fraction of sp³-hybridized carbons (Fsp3) is 0.316. The van der Waals surface area contributed by atoms with Crippen LogP contribution >= 0.6 is 11.6 Å². The predicted octanol–water partition coefficient (Wildman–Crippen LogP) is 4.83. The van der Waals surface area contributed by atoms with Crippen molar-refractivity contribution in [3.63, 3.8) is 0 Å². The van der Waals surface area contributed by atoms with Crippen molar-refractivity contribution >= 4 is 23.3 Å². The summed E-state index contributed by atoms with van der Waals surface area (Å²) in [6.07, 6.45) is 1.90. The number of hydrogen-bond donors (Lipinski definition) is 1. The molecule has 2 rings (SSSR count). The molecule has 0 saturated carbocycles. The quantitative estimate of drug-likeness (QED) is 0.813. The van der Waals surface area contributed by atoms with E-state index in [0.717, 1.165) is 12.8 Å². The van der Waals surface area contributed by atoms with Crippen LogP contribution in [0.4, 0.5) is 10.5 Å². The summed E-state index contributed by atoms with van der Waals surface area (Å²) in [5.74, 6) is 0.625. The van der Waals surface area contributed by atoms with Gasteiger partial charge in [0, 0.05) is 19.8 Å². The average Bonchev–Trinajstić information content (AvgIpc) is 2.56. The van der Waals surface area contributed by atoms with Gasteiger partial charge in [0.15, 0.2) is 0 Å². The Morgan fingerprint density at radius 3 is 2.54 bits per heavy atom. The van der Waals surface area contributed by atoms with Crippen LogP contribution in [0.2, 0.25) is 5.02 Å². The van der Waals surface area contributed by atoms with Crippen molar-refractivity contribution in [1.82, 2.24) is 4.90 Å². The molecule has 24 heavy (non-hydrogen) atoms. The van der Waals surface area contributed by atoms with Gasteiger partial charge >= 0.3 is 6.03 Å². The van der Waals surface area contributed by atoms with E-state index < -0.39 is 0 Å². The Morgan fingerprint density at radius 2 is 1.92 bits per heavy atom. The van der Waals surface area contributed by atoms with Gasteiger partial charge in [-0.1, -0.05) is 41.9 Å². The van der Waals surface area contributed by atoms with Gasteiger partial charge in [-0.05, 0) is 43.5 Å². The lowest BCUT2D eigenvalue weighted by Gasteiger charge is -2.17. The monoisotopic (exact) mass is 346 g/mol. The number of rotatable bonds is 6. The van der Waals surface area contributed by atoms with Crippen LogP contribution in [0.25, 0.3) is 0 Å². The average molecular weight is 347 g/mol. The van der Waals surface area contributed by atoms with E-state index in [1.165, 1.54) is 10.5 Å². The highest BCUT2D eigenvalue weighted by atomic mass is 35.5. The van der Waals surface area contributed by atoms with Crippen LogP contribution in [-0.4, -0.2) is 31.1 Å². The van der Waals surface area contributed by atoms with E-state index in [4.69, 9.17) is 16.3 Å². The van der Waals surface area contributed by atoms with Crippen molar-refractivity contribution in [2.24, 2.45) is 0 Å². The normalized spacial score (nSPS) is 11.7. The molecule has 1 atom stereocenters. The molecule has 0 heterocycles. The van der Waals surface area contributed by atoms with Crippen LogP contribution in [0.1, 0.15) is 18.9 Å². The number of benzene rings is 2. The molecule has 5 heteroatoms. The molecule has 0 aromatic heterocycles. The Labute approximate surface area is 148 Å². The molecule has 128 valence electrons. The molecule has 1 N–H and O–H groups in total. The lowest BCUT2D eigenvalue weighted by Crippen LogP contribution is -2.27. The number of carbonyl (C=O) groups excluding carboxylic acids is 1. The molecule has 0 bridgehead atoms. The summed E-state index contributed by atoms with van der Waals surface area (Å²) >= 11 is 6.26. The molecule has 0 aliphatic rings. The fourth-order valence-corrected chi connectivity index (χ4v) is 2.42. The number of urea groups is 1. The molecule has 0 fully saturated rings.